The SMILES string of the molecule is CCCCN(C)S(=O)(=O)c1ccc(C(=O)Nc2sc3c(c2C(=O)NC(N)=O)CCN(C)C3)cc1. The van der Waals surface area contributed by atoms with Crippen molar-refractivity contribution in [3.63, 3.8) is 0 Å². The van der Waals surface area contributed by atoms with Crippen molar-refractivity contribution >= 4 is 44.2 Å². The van der Waals surface area contributed by atoms with Crippen LogP contribution in [0.2, 0.25) is 0 Å². The van der Waals surface area contributed by atoms with Gasteiger partial charge in [0.05, 0.1) is 10.5 Å². The molecule has 1 aromatic carbocycles. The number of sulfonamides is 1. The first-order valence-corrected chi connectivity index (χ1v) is 13.1. The number of hydrogen-bond donors (Lipinski definition) is 3. The summed E-state index contributed by atoms with van der Waals surface area (Å²) in [7, 11) is -0.161. The topological polar surface area (TPSA) is 142 Å². The van der Waals surface area contributed by atoms with Crippen molar-refractivity contribution in [2.24, 2.45) is 5.73 Å². The molecular weight excluding hydrogens is 478 g/mol. The average molecular weight is 508 g/mol. The first-order valence-electron chi connectivity index (χ1n) is 10.9. The third-order valence-electron chi connectivity index (χ3n) is 5.59. The predicted octanol–water partition coefficient (Wildman–Crippen LogP) is 2.22. The summed E-state index contributed by atoms with van der Waals surface area (Å²) >= 11 is 1.27. The lowest BCUT2D eigenvalue weighted by molar-refractivity contribution is 0.0966. The molecule has 1 aliphatic heterocycles. The number of likely N-dealkylation sites (N-methyl/N-ethyl adjacent to an activating group) is 1. The van der Waals surface area contributed by atoms with Crippen molar-refractivity contribution in [1.82, 2.24) is 14.5 Å². The van der Waals surface area contributed by atoms with E-state index in [2.05, 4.69) is 15.5 Å². The quantitative estimate of drug-likeness (QED) is 0.500. The van der Waals surface area contributed by atoms with E-state index in [1.165, 1.54) is 47.0 Å². The van der Waals surface area contributed by atoms with E-state index in [9.17, 15) is 22.8 Å². The van der Waals surface area contributed by atoms with Crippen LogP contribution >= 0.6 is 11.3 Å². The minimum absolute atomic E-state index is 0.0961. The fourth-order valence-corrected chi connectivity index (χ4v) is 6.20. The van der Waals surface area contributed by atoms with Crippen molar-refractivity contribution < 1.29 is 22.8 Å². The van der Waals surface area contributed by atoms with E-state index in [1.54, 1.807) is 0 Å². The van der Waals surface area contributed by atoms with E-state index in [1.807, 2.05) is 14.0 Å². The highest BCUT2D eigenvalue weighted by Crippen LogP contribution is 2.37. The summed E-state index contributed by atoms with van der Waals surface area (Å²) in [5, 5.41) is 5.15. The number of fused-ring (bicyclic) bond motifs is 1. The van der Waals surface area contributed by atoms with Crippen LogP contribution in [0.1, 0.15) is 50.9 Å². The van der Waals surface area contributed by atoms with Gasteiger partial charge in [0, 0.05) is 37.1 Å². The fraction of sp³-hybridized carbons (Fsp3) is 0.409. The molecule has 2 heterocycles. The number of rotatable bonds is 8. The normalized spacial score (nSPS) is 14.0. The molecule has 4 N–H and O–H groups in total. The minimum atomic E-state index is -3.65. The highest BCUT2D eigenvalue weighted by atomic mass is 32.2. The number of nitrogens with one attached hydrogen (secondary N) is 2. The third kappa shape index (κ3) is 5.63. The Morgan fingerprint density at radius 1 is 1.18 bits per heavy atom. The maximum atomic E-state index is 12.9. The van der Waals surface area contributed by atoms with Crippen molar-refractivity contribution in [3.8, 4) is 0 Å². The Hall–Kier alpha value is -2.80. The molecule has 184 valence electrons. The number of carbonyl (C=O) groups excluding carboxylic acids is 3. The fourth-order valence-electron chi connectivity index (χ4n) is 3.67. The summed E-state index contributed by atoms with van der Waals surface area (Å²) in [6.07, 6.45) is 2.22. The summed E-state index contributed by atoms with van der Waals surface area (Å²) in [4.78, 5) is 39.9. The zero-order valence-corrected chi connectivity index (χ0v) is 21.0. The summed E-state index contributed by atoms with van der Waals surface area (Å²) in [5.74, 6) is -1.16. The molecule has 2 aromatic rings. The van der Waals surface area contributed by atoms with Crippen LogP contribution in [0.3, 0.4) is 0 Å². The van der Waals surface area contributed by atoms with Gasteiger partial charge < -0.3 is 16.0 Å². The van der Waals surface area contributed by atoms with Crippen LogP contribution in [0.5, 0.6) is 0 Å². The molecule has 12 heteroatoms. The Bertz CT molecular complexity index is 1190. The summed E-state index contributed by atoms with van der Waals surface area (Å²) in [6.45, 7) is 3.75. The van der Waals surface area contributed by atoms with Crippen LogP contribution in [0.15, 0.2) is 29.2 Å². The Morgan fingerprint density at radius 2 is 1.85 bits per heavy atom. The number of thiophene rings is 1. The van der Waals surface area contributed by atoms with E-state index < -0.39 is 27.9 Å². The second-order valence-corrected chi connectivity index (χ2v) is 11.3. The van der Waals surface area contributed by atoms with Gasteiger partial charge in [0.1, 0.15) is 5.00 Å². The van der Waals surface area contributed by atoms with Crippen molar-refractivity contribution in [2.45, 2.75) is 37.6 Å². The van der Waals surface area contributed by atoms with Gasteiger partial charge in [0.2, 0.25) is 10.0 Å². The molecule has 1 aliphatic rings. The third-order valence-corrected chi connectivity index (χ3v) is 8.59. The number of imide groups is 1. The molecule has 0 saturated heterocycles. The molecule has 0 aliphatic carbocycles. The lowest BCUT2D eigenvalue weighted by atomic mass is 10.0. The van der Waals surface area contributed by atoms with Gasteiger partial charge in [-0.3, -0.25) is 14.9 Å². The number of hydrogen-bond acceptors (Lipinski definition) is 7. The maximum absolute atomic E-state index is 12.9. The molecule has 34 heavy (non-hydrogen) atoms. The van der Waals surface area contributed by atoms with Crippen LogP contribution in [0, 0.1) is 0 Å². The van der Waals surface area contributed by atoms with Crippen molar-refractivity contribution in [3.05, 3.63) is 45.8 Å². The summed E-state index contributed by atoms with van der Waals surface area (Å²) in [5.41, 5.74) is 6.38. The van der Waals surface area contributed by atoms with E-state index in [0.29, 0.717) is 24.5 Å². The molecule has 3 rings (SSSR count). The Kier molecular flexibility index (Phi) is 8.08. The zero-order valence-electron chi connectivity index (χ0n) is 19.4. The lowest BCUT2D eigenvalue weighted by Gasteiger charge is -2.22. The van der Waals surface area contributed by atoms with E-state index in [0.717, 1.165) is 29.8 Å². The first-order chi connectivity index (χ1) is 16.0. The van der Waals surface area contributed by atoms with Crippen LogP contribution in [-0.4, -0.2) is 62.7 Å². The second-order valence-electron chi connectivity index (χ2n) is 8.17. The van der Waals surface area contributed by atoms with Gasteiger partial charge in [-0.2, -0.15) is 0 Å². The van der Waals surface area contributed by atoms with Gasteiger partial charge in [-0.05, 0) is 49.7 Å². The molecule has 0 radical (unpaired) electrons. The van der Waals surface area contributed by atoms with Crippen molar-refractivity contribution in [1.29, 1.82) is 0 Å². The number of benzene rings is 1. The molecule has 0 bridgehead atoms. The second kappa shape index (κ2) is 10.6. The van der Waals surface area contributed by atoms with Crippen LogP contribution in [0.4, 0.5) is 9.80 Å². The summed E-state index contributed by atoms with van der Waals surface area (Å²) < 4.78 is 26.7. The Labute approximate surface area is 203 Å². The molecule has 0 fully saturated rings. The number of amides is 4. The molecular formula is C22H29N5O5S2. The van der Waals surface area contributed by atoms with Gasteiger partial charge in [0.25, 0.3) is 11.8 Å². The van der Waals surface area contributed by atoms with E-state index >= 15 is 0 Å². The van der Waals surface area contributed by atoms with Gasteiger partial charge in [-0.1, -0.05) is 13.3 Å². The molecule has 4 amide bonds. The number of carbonyl (C=O) groups is 3. The number of unbranched alkanes of at least 4 members (excludes halogenated alkanes) is 1. The molecule has 0 atom stereocenters. The summed E-state index contributed by atoms with van der Waals surface area (Å²) in [6, 6.07) is 4.67. The molecule has 1 aromatic heterocycles. The molecule has 0 unspecified atom stereocenters. The van der Waals surface area contributed by atoms with Crippen molar-refractivity contribution in [2.75, 3.05) is 32.5 Å². The largest absolute Gasteiger partial charge is 0.351 e. The number of urea groups is 1. The molecule has 10 nitrogen and oxygen atoms in total. The molecule has 0 spiro atoms. The number of nitrogens with zero attached hydrogens (tertiary/aromatic N) is 2. The number of primary amides is 1. The highest BCUT2D eigenvalue weighted by Gasteiger charge is 2.29. The number of anilines is 1. The van der Waals surface area contributed by atoms with Crippen LogP contribution in [-0.2, 0) is 23.0 Å². The first kappa shape index (κ1) is 25.8. The lowest BCUT2D eigenvalue weighted by Crippen LogP contribution is -2.36. The standard InChI is InChI=1S/C22H29N5O5S2/c1-4-5-11-27(3)34(31,32)15-8-6-14(7-9-15)19(28)24-21-18(20(29)25-22(23)30)16-10-12-26(2)13-17(16)33-21/h6-9H,4-5,10-13H2,1-3H3,(H,24,28)(H3,23,25,29,30). The monoisotopic (exact) mass is 507 g/mol. The predicted molar refractivity (Wildman–Crippen MR) is 131 cm³/mol. The number of nitrogens with two attached hydrogens (primary N) is 1. The Morgan fingerprint density at radius 3 is 2.47 bits per heavy atom. The minimum Gasteiger partial charge on any atom is -0.351 e. The van der Waals surface area contributed by atoms with E-state index in [-0.39, 0.29) is 16.0 Å². The van der Waals surface area contributed by atoms with Gasteiger partial charge >= 0.3 is 6.03 Å². The highest BCUT2D eigenvalue weighted by molar-refractivity contribution is 7.89. The van der Waals surface area contributed by atoms with Crippen LogP contribution in [0.25, 0.3) is 0 Å². The van der Waals surface area contributed by atoms with E-state index in [4.69, 9.17) is 5.73 Å². The maximum Gasteiger partial charge on any atom is 0.319 e. The van der Waals surface area contributed by atoms with Gasteiger partial charge in [-0.15, -0.1) is 11.3 Å². The zero-order chi connectivity index (χ0) is 25.0. The Balaban J connectivity index is 1.84. The van der Waals surface area contributed by atoms with Crippen LogP contribution < -0.4 is 16.4 Å². The average Bonchev–Trinajstić information content (AvgIpc) is 3.13. The molecule has 0 saturated carbocycles. The van der Waals surface area contributed by atoms with Gasteiger partial charge in [0.15, 0.2) is 0 Å². The smallest absolute Gasteiger partial charge is 0.319 e. The van der Waals surface area contributed by atoms with Gasteiger partial charge in [-0.25, -0.2) is 17.5 Å².